The maximum Gasteiger partial charge on any atom is 0.0930 e. The molecule has 2 aromatic carbocycles. The molecule has 6 rings (SSSR count). The summed E-state index contributed by atoms with van der Waals surface area (Å²) in [5.74, 6) is 1.17. The van der Waals surface area contributed by atoms with Crippen LogP contribution in [0.25, 0.3) is 33.5 Å². The van der Waals surface area contributed by atoms with Crippen molar-refractivity contribution in [3.8, 4) is 22.5 Å². The van der Waals surface area contributed by atoms with E-state index in [-0.39, 0.29) is 25.5 Å². The molecular formula is C35H36IrN2O-2. The first kappa shape index (κ1) is 28.9. The summed E-state index contributed by atoms with van der Waals surface area (Å²) in [5, 5.41) is 1.25. The van der Waals surface area contributed by atoms with Gasteiger partial charge in [0, 0.05) is 38.9 Å². The van der Waals surface area contributed by atoms with Gasteiger partial charge in [-0.2, -0.15) is 0 Å². The third-order valence-electron chi connectivity index (χ3n) is 7.42. The number of fused-ring (bicyclic) bond motifs is 3. The van der Waals surface area contributed by atoms with Crippen LogP contribution in [0.3, 0.4) is 0 Å². The van der Waals surface area contributed by atoms with E-state index in [0.717, 1.165) is 40.9 Å². The second kappa shape index (κ2) is 12.0. The molecule has 0 N–H and O–H groups in total. The zero-order chi connectivity index (χ0) is 26.9. The van der Waals surface area contributed by atoms with Gasteiger partial charge in [-0.25, -0.2) is 0 Å². The number of hydrogen-bond acceptors (Lipinski definition) is 3. The number of benzene rings is 2. The molecule has 4 heteroatoms. The fourth-order valence-corrected chi connectivity index (χ4v) is 4.88. The van der Waals surface area contributed by atoms with E-state index in [0.29, 0.717) is 0 Å². The second-order valence-corrected chi connectivity index (χ2v) is 11.4. The van der Waals surface area contributed by atoms with Gasteiger partial charge in [0.15, 0.2) is 0 Å². The number of aromatic nitrogens is 2. The Balaban J connectivity index is 0.000000192. The smallest absolute Gasteiger partial charge is 0.0930 e. The molecule has 1 radical (unpaired) electrons. The number of nitrogens with zero attached hydrogens (tertiary/aromatic N) is 2. The Morgan fingerprint density at radius 3 is 2.36 bits per heavy atom. The molecule has 0 amide bonds. The van der Waals surface area contributed by atoms with Gasteiger partial charge >= 0.3 is 0 Å². The molecule has 3 nitrogen and oxygen atoms in total. The van der Waals surface area contributed by atoms with Crippen molar-refractivity contribution in [2.45, 2.75) is 72.6 Å². The summed E-state index contributed by atoms with van der Waals surface area (Å²) in [7, 11) is 0. The Hall–Kier alpha value is -3.07. The van der Waals surface area contributed by atoms with Crippen molar-refractivity contribution >= 4 is 11.0 Å². The molecule has 0 aliphatic heterocycles. The standard InChI is InChI=1S/C21H22NO.C14H14N.Ir/c1-21(2,3)14-11-12-22-18(13-14)17-9-6-8-16-15-7-4-5-10-19(15)23-20(16)17;1-10-4-6-13(7-5-10)14-8-11(2)12(3)9-15-14;/h6,8,11-13H,4-5,7,10H2,1-3H3;4-6,8-9H,1-3H3;/q2*-1;. The molecule has 5 aromatic rings. The van der Waals surface area contributed by atoms with Gasteiger partial charge in [-0.1, -0.05) is 56.3 Å². The molecule has 3 aromatic heterocycles. The van der Waals surface area contributed by atoms with Gasteiger partial charge in [0.05, 0.1) is 11.3 Å². The number of aryl methyl sites for hydroxylation is 5. The minimum Gasteiger partial charge on any atom is -0.505 e. The van der Waals surface area contributed by atoms with Crippen LogP contribution in [0.5, 0.6) is 0 Å². The Kier molecular flexibility index (Phi) is 8.89. The summed E-state index contributed by atoms with van der Waals surface area (Å²) in [6.45, 7) is 12.9. The molecule has 0 atom stereocenters. The molecule has 3 heterocycles. The fraction of sp³-hybridized carbons (Fsp3) is 0.314. The molecule has 1 aliphatic carbocycles. The maximum absolute atomic E-state index is 6.23. The molecule has 39 heavy (non-hydrogen) atoms. The number of furan rings is 1. The molecule has 0 unspecified atom stereocenters. The molecular weight excluding hydrogens is 657 g/mol. The first-order valence-electron chi connectivity index (χ1n) is 13.5. The van der Waals surface area contributed by atoms with Crippen LogP contribution in [0.2, 0.25) is 0 Å². The van der Waals surface area contributed by atoms with E-state index in [1.165, 1.54) is 51.8 Å². The largest absolute Gasteiger partial charge is 0.505 e. The van der Waals surface area contributed by atoms with E-state index < -0.39 is 0 Å². The first-order chi connectivity index (χ1) is 18.2. The minimum atomic E-state index is 0. The van der Waals surface area contributed by atoms with Crippen LogP contribution in [0.15, 0.2) is 65.3 Å². The maximum atomic E-state index is 6.23. The van der Waals surface area contributed by atoms with Crippen molar-refractivity contribution in [3.05, 3.63) is 107 Å². The molecule has 0 saturated carbocycles. The summed E-state index contributed by atoms with van der Waals surface area (Å²) in [5.41, 5.74) is 11.5. The Morgan fingerprint density at radius 2 is 1.64 bits per heavy atom. The number of hydrogen-bond donors (Lipinski definition) is 0. The Bertz CT molecular complexity index is 1580. The normalized spacial score (nSPS) is 12.8. The van der Waals surface area contributed by atoms with Gasteiger partial charge in [0.2, 0.25) is 0 Å². The van der Waals surface area contributed by atoms with E-state index in [1.807, 2.05) is 24.5 Å². The first-order valence-corrected chi connectivity index (χ1v) is 13.5. The minimum absolute atomic E-state index is 0. The zero-order valence-electron chi connectivity index (χ0n) is 23.7. The van der Waals surface area contributed by atoms with Crippen molar-refractivity contribution in [2.24, 2.45) is 0 Å². The third-order valence-corrected chi connectivity index (χ3v) is 7.42. The number of pyridine rings is 2. The van der Waals surface area contributed by atoms with Gasteiger partial charge in [-0.05, 0) is 72.7 Å². The van der Waals surface area contributed by atoms with Crippen molar-refractivity contribution in [1.82, 2.24) is 9.97 Å². The van der Waals surface area contributed by atoms with E-state index in [2.05, 4.69) is 100 Å². The average Bonchev–Trinajstić information content (AvgIpc) is 3.30. The van der Waals surface area contributed by atoms with Crippen molar-refractivity contribution in [1.29, 1.82) is 0 Å². The molecule has 0 fully saturated rings. The van der Waals surface area contributed by atoms with Crippen LogP contribution >= 0.6 is 0 Å². The van der Waals surface area contributed by atoms with Crippen LogP contribution in [-0.4, -0.2) is 9.97 Å². The predicted octanol–water partition coefficient (Wildman–Crippen LogP) is 8.94. The van der Waals surface area contributed by atoms with Crippen molar-refractivity contribution < 1.29 is 24.5 Å². The summed E-state index contributed by atoms with van der Waals surface area (Å²) < 4.78 is 6.23. The van der Waals surface area contributed by atoms with Crippen molar-refractivity contribution in [3.63, 3.8) is 0 Å². The van der Waals surface area contributed by atoms with Crippen LogP contribution in [0.4, 0.5) is 0 Å². The van der Waals surface area contributed by atoms with Crippen LogP contribution in [0.1, 0.15) is 67.2 Å². The SMILES string of the molecule is CC(C)(C)c1ccnc(-c2[c-]ccc3c4c(oc23)CCCC4)c1.Cc1c[c-]c(-c2cc(C)c(C)cn2)cc1.[Ir]. The van der Waals surface area contributed by atoms with E-state index in [9.17, 15) is 0 Å². The van der Waals surface area contributed by atoms with Gasteiger partial charge in [-0.3, -0.25) is 0 Å². The topological polar surface area (TPSA) is 38.9 Å². The van der Waals surface area contributed by atoms with Crippen LogP contribution in [0, 0.1) is 32.9 Å². The summed E-state index contributed by atoms with van der Waals surface area (Å²) >= 11 is 0. The third kappa shape index (κ3) is 6.40. The van der Waals surface area contributed by atoms with Gasteiger partial charge in [0.25, 0.3) is 0 Å². The summed E-state index contributed by atoms with van der Waals surface area (Å²) in [4.78, 5) is 9.00. The molecule has 1 aliphatic rings. The van der Waals surface area contributed by atoms with Gasteiger partial charge in [-0.15, -0.1) is 53.6 Å². The molecule has 0 saturated heterocycles. The summed E-state index contributed by atoms with van der Waals surface area (Å²) in [6.07, 6.45) is 8.47. The van der Waals surface area contributed by atoms with E-state index >= 15 is 0 Å². The Morgan fingerprint density at radius 1 is 0.846 bits per heavy atom. The molecule has 0 spiro atoms. The van der Waals surface area contributed by atoms with Crippen molar-refractivity contribution in [2.75, 3.05) is 0 Å². The van der Waals surface area contributed by atoms with Gasteiger partial charge in [0.1, 0.15) is 0 Å². The monoisotopic (exact) mass is 693 g/mol. The zero-order valence-corrected chi connectivity index (χ0v) is 26.1. The van der Waals surface area contributed by atoms with Gasteiger partial charge < -0.3 is 14.4 Å². The van der Waals surface area contributed by atoms with Crippen LogP contribution in [-0.2, 0) is 38.4 Å². The quantitative estimate of drug-likeness (QED) is 0.174. The average molecular weight is 693 g/mol. The van der Waals surface area contributed by atoms with Crippen LogP contribution < -0.4 is 0 Å². The molecule has 0 bridgehead atoms. The second-order valence-electron chi connectivity index (χ2n) is 11.4. The fourth-order valence-electron chi connectivity index (χ4n) is 4.88. The summed E-state index contributed by atoms with van der Waals surface area (Å²) in [6, 6.07) is 23.3. The van der Waals surface area contributed by atoms with E-state index in [1.54, 1.807) is 0 Å². The molecule has 203 valence electrons. The predicted molar refractivity (Wildman–Crippen MR) is 156 cm³/mol. The number of rotatable bonds is 2. The van der Waals surface area contributed by atoms with E-state index in [4.69, 9.17) is 4.42 Å². The Labute approximate surface area is 246 Å².